The predicted molar refractivity (Wildman–Crippen MR) is 109 cm³/mol. The van der Waals surface area contributed by atoms with Gasteiger partial charge in [-0.3, -0.25) is 14.4 Å². The lowest BCUT2D eigenvalue weighted by Gasteiger charge is -2.19. The van der Waals surface area contributed by atoms with Crippen molar-refractivity contribution in [2.24, 2.45) is 0 Å². The van der Waals surface area contributed by atoms with E-state index in [1.807, 2.05) is 0 Å². The summed E-state index contributed by atoms with van der Waals surface area (Å²) in [6.07, 6.45) is 2.69. The van der Waals surface area contributed by atoms with E-state index in [1.54, 1.807) is 33.8 Å². The average Bonchev–Trinajstić information content (AvgIpc) is 2.61. The fraction of sp³-hybridized carbons (Fsp3) is 0.455. The van der Waals surface area contributed by atoms with Gasteiger partial charge < -0.3 is 18.9 Å². The fourth-order valence-corrected chi connectivity index (χ4v) is 2.32. The molecule has 1 aromatic carbocycles. The van der Waals surface area contributed by atoms with Gasteiger partial charge in [0.25, 0.3) is 0 Å². The molecule has 0 heterocycles. The summed E-state index contributed by atoms with van der Waals surface area (Å²) in [7, 11) is 0. The van der Waals surface area contributed by atoms with Crippen LogP contribution in [0.25, 0.3) is 6.08 Å². The highest BCUT2D eigenvalue weighted by molar-refractivity contribution is 5.91. The van der Waals surface area contributed by atoms with Gasteiger partial charge in [0.2, 0.25) is 0 Å². The van der Waals surface area contributed by atoms with E-state index in [0.717, 1.165) is 0 Å². The summed E-state index contributed by atoms with van der Waals surface area (Å²) < 4.78 is 21.0. The standard InChI is InChI=1S/C22H28O8/c1-14(12-27-15(2)24)29-20-10-17(13-28-16(3)25)9-18(11-23)19(20)7-8-21(26)30-22(4,5)6/h7-11,14H,12-13H2,1-6H3/b8-7+. The average molecular weight is 420 g/mol. The second kappa shape index (κ2) is 11.1. The molecule has 0 aliphatic rings. The molecule has 0 saturated heterocycles. The van der Waals surface area contributed by atoms with Crippen molar-refractivity contribution in [3.63, 3.8) is 0 Å². The minimum atomic E-state index is -0.666. The number of benzene rings is 1. The van der Waals surface area contributed by atoms with Gasteiger partial charge in [-0.1, -0.05) is 0 Å². The van der Waals surface area contributed by atoms with Crippen molar-refractivity contribution in [3.05, 3.63) is 34.9 Å². The summed E-state index contributed by atoms with van der Waals surface area (Å²) in [4.78, 5) is 45.8. The van der Waals surface area contributed by atoms with Gasteiger partial charge in [-0.25, -0.2) is 4.79 Å². The van der Waals surface area contributed by atoms with E-state index in [-0.39, 0.29) is 24.5 Å². The second-order valence-electron chi connectivity index (χ2n) is 7.59. The van der Waals surface area contributed by atoms with Crippen LogP contribution in [0.3, 0.4) is 0 Å². The molecule has 0 aromatic heterocycles. The van der Waals surface area contributed by atoms with E-state index < -0.39 is 29.6 Å². The van der Waals surface area contributed by atoms with Gasteiger partial charge in [0, 0.05) is 31.1 Å². The molecular formula is C22H28O8. The van der Waals surface area contributed by atoms with Gasteiger partial charge >= 0.3 is 17.9 Å². The Labute approximate surface area is 176 Å². The summed E-state index contributed by atoms with van der Waals surface area (Å²) in [6.45, 7) is 9.41. The van der Waals surface area contributed by atoms with Gasteiger partial charge in [0.15, 0.2) is 6.29 Å². The zero-order valence-corrected chi connectivity index (χ0v) is 18.1. The molecule has 0 saturated carbocycles. The lowest BCUT2D eigenvalue weighted by molar-refractivity contribution is -0.148. The maximum Gasteiger partial charge on any atom is 0.331 e. The second-order valence-corrected chi connectivity index (χ2v) is 7.59. The van der Waals surface area contributed by atoms with E-state index >= 15 is 0 Å². The number of carbonyl (C=O) groups is 4. The van der Waals surface area contributed by atoms with Crippen LogP contribution in [0.4, 0.5) is 0 Å². The van der Waals surface area contributed by atoms with Crippen LogP contribution in [-0.4, -0.2) is 42.5 Å². The highest BCUT2D eigenvalue weighted by Crippen LogP contribution is 2.28. The Morgan fingerprint density at radius 3 is 2.23 bits per heavy atom. The topological polar surface area (TPSA) is 105 Å². The summed E-state index contributed by atoms with van der Waals surface area (Å²) in [5.41, 5.74) is 0.434. The quantitative estimate of drug-likeness (QED) is 0.259. The fourth-order valence-electron chi connectivity index (χ4n) is 2.32. The summed E-state index contributed by atoms with van der Waals surface area (Å²) in [5, 5.41) is 0. The molecule has 8 heteroatoms. The van der Waals surface area contributed by atoms with Gasteiger partial charge in [-0.2, -0.15) is 0 Å². The number of hydrogen-bond donors (Lipinski definition) is 0. The lowest BCUT2D eigenvalue weighted by Crippen LogP contribution is -2.22. The van der Waals surface area contributed by atoms with E-state index in [1.165, 1.54) is 32.1 Å². The Hall–Kier alpha value is -3.16. The Morgan fingerprint density at radius 1 is 1.07 bits per heavy atom. The van der Waals surface area contributed by atoms with Gasteiger partial charge in [-0.15, -0.1) is 0 Å². The summed E-state index contributed by atoms with van der Waals surface area (Å²) in [5.74, 6) is -1.24. The summed E-state index contributed by atoms with van der Waals surface area (Å²) >= 11 is 0. The largest absolute Gasteiger partial charge is 0.487 e. The Kier molecular flexibility index (Phi) is 9.23. The van der Waals surface area contributed by atoms with Crippen LogP contribution >= 0.6 is 0 Å². The third kappa shape index (κ3) is 9.36. The molecule has 0 spiro atoms. The SMILES string of the molecule is CC(=O)OCc1cc(C=O)c(/C=C/C(=O)OC(C)(C)C)c(OC(C)COC(C)=O)c1. The zero-order chi connectivity index (χ0) is 22.9. The zero-order valence-electron chi connectivity index (χ0n) is 18.1. The molecular weight excluding hydrogens is 392 g/mol. The number of esters is 3. The highest BCUT2D eigenvalue weighted by atomic mass is 16.6. The van der Waals surface area contributed by atoms with E-state index in [4.69, 9.17) is 18.9 Å². The normalized spacial score (nSPS) is 12.2. The molecule has 0 bridgehead atoms. The van der Waals surface area contributed by atoms with Crippen molar-refractivity contribution in [2.45, 2.75) is 59.9 Å². The van der Waals surface area contributed by atoms with Crippen molar-refractivity contribution in [1.82, 2.24) is 0 Å². The number of ether oxygens (including phenoxy) is 4. The molecule has 0 aliphatic heterocycles. The third-order valence-corrected chi connectivity index (χ3v) is 3.45. The first-order valence-corrected chi connectivity index (χ1v) is 9.37. The maximum absolute atomic E-state index is 12.0. The van der Waals surface area contributed by atoms with E-state index in [2.05, 4.69) is 0 Å². The van der Waals surface area contributed by atoms with Crippen LogP contribution < -0.4 is 4.74 Å². The lowest BCUT2D eigenvalue weighted by atomic mass is 10.0. The minimum Gasteiger partial charge on any atom is -0.487 e. The molecule has 0 fully saturated rings. The third-order valence-electron chi connectivity index (χ3n) is 3.45. The van der Waals surface area contributed by atoms with Crippen molar-refractivity contribution < 1.29 is 38.1 Å². The Balaban J connectivity index is 3.26. The Morgan fingerprint density at radius 2 is 1.70 bits per heavy atom. The van der Waals surface area contributed by atoms with Crippen LogP contribution in [-0.2, 0) is 35.2 Å². The van der Waals surface area contributed by atoms with E-state index in [9.17, 15) is 19.2 Å². The van der Waals surface area contributed by atoms with Crippen LogP contribution in [0, 0.1) is 0 Å². The molecule has 0 radical (unpaired) electrons. The van der Waals surface area contributed by atoms with Gasteiger partial charge in [0.05, 0.1) is 0 Å². The van der Waals surface area contributed by atoms with Crippen LogP contribution in [0.2, 0.25) is 0 Å². The van der Waals surface area contributed by atoms with Crippen molar-refractivity contribution in [1.29, 1.82) is 0 Å². The van der Waals surface area contributed by atoms with Crippen molar-refractivity contribution in [2.75, 3.05) is 6.61 Å². The smallest absolute Gasteiger partial charge is 0.331 e. The molecule has 8 nitrogen and oxygen atoms in total. The van der Waals surface area contributed by atoms with Gasteiger partial charge in [-0.05, 0) is 51.5 Å². The number of aldehydes is 1. The molecule has 0 aliphatic carbocycles. The molecule has 1 unspecified atom stereocenters. The van der Waals surface area contributed by atoms with Crippen molar-refractivity contribution in [3.8, 4) is 5.75 Å². The number of hydrogen-bond acceptors (Lipinski definition) is 8. The summed E-state index contributed by atoms with van der Waals surface area (Å²) in [6, 6.07) is 3.13. The minimum absolute atomic E-state index is 0.00481. The molecule has 164 valence electrons. The first-order valence-electron chi connectivity index (χ1n) is 9.37. The molecule has 1 aromatic rings. The first kappa shape index (κ1) is 24.9. The van der Waals surface area contributed by atoms with Gasteiger partial charge in [0.1, 0.15) is 30.7 Å². The van der Waals surface area contributed by atoms with E-state index in [0.29, 0.717) is 17.4 Å². The van der Waals surface area contributed by atoms with Crippen molar-refractivity contribution >= 4 is 30.3 Å². The first-order chi connectivity index (χ1) is 13.9. The van der Waals surface area contributed by atoms with Crippen LogP contribution in [0.5, 0.6) is 5.75 Å². The Bertz CT molecular complexity index is 817. The monoisotopic (exact) mass is 420 g/mol. The highest BCUT2D eigenvalue weighted by Gasteiger charge is 2.17. The van der Waals surface area contributed by atoms with Crippen LogP contribution in [0.15, 0.2) is 18.2 Å². The molecule has 0 amide bonds. The number of rotatable bonds is 9. The molecule has 1 rings (SSSR count). The molecule has 0 N–H and O–H groups in total. The molecule has 1 atom stereocenters. The maximum atomic E-state index is 12.0. The van der Waals surface area contributed by atoms with Crippen LogP contribution in [0.1, 0.15) is 63.0 Å². The molecule has 30 heavy (non-hydrogen) atoms. The number of carbonyl (C=O) groups excluding carboxylic acids is 4. The predicted octanol–water partition coefficient (Wildman–Crippen LogP) is 3.25.